The highest BCUT2D eigenvalue weighted by Crippen LogP contribution is 2.17. The third kappa shape index (κ3) is 3.20. The molecule has 0 fully saturated rings. The lowest BCUT2D eigenvalue weighted by molar-refractivity contribution is 0.708. The van der Waals surface area contributed by atoms with Gasteiger partial charge >= 0.3 is 0 Å². The zero-order valence-corrected chi connectivity index (χ0v) is 11.3. The number of benzene rings is 1. The van der Waals surface area contributed by atoms with Crippen LogP contribution < -0.4 is 10.6 Å². The van der Waals surface area contributed by atoms with Crippen molar-refractivity contribution in [1.29, 1.82) is 0 Å². The molecule has 0 aliphatic heterocycles. The molecule has 4 nitrogen and oxygen atoms in total. The number of thiocarbonyl (C=S) groups is 1. The van der Waals surface area contributed by atoms with Crippen LogP contribution in [0.15, 0.2) is 24.4 Å². The van der Waals surface area contributed by atoms with E-state index in [4.69, 9.17) is 12.2 Å². The van der Waals surface area contributed by atoms with Crippen molar-refractivity contribution in [2.24, 2.45) is 0 Å². The molecular formula is C13H18N4S. The Morgan fingerprint density at radius 3 is 3.11 bits per heavy atom. The zero-order valence-electron chi connectivity index (χ0n) is 10.5. The minimum Gasteiger partial charge on any atom is -0.366 e. The highest BCUT2D eigenvalue weighted by Gasteiger charge is 2.02. The Hall–Kier alpha value is -1.62. The summed E-state index contributed by atoms with van der Waals surface area (Å²) in [6.45, 7) is 0.918. The largest absolute Gasteiger partial charge is 0.366 e. The fourth-order valence-corrected chi connectivity index (χ4v) is 2.08. The van der Waals surface area contributed by atoms with Gasteiger partial charge in [-0.05, 0) is 43.1 Å². The monoisotopic (exact) mass is 262 g/mol. The lowest BCUT2D eigenvalue weighted by Gasteiger charge is -2.07. The van der Waals surface area contributed by atoms with Gasteiger partial charge in [0.15, 0.2) is 5.11 Å². The SMILES string of the molecule is CNC(=S)NCCCCc1cccc2[nH]ncc12. The Bertz CT molecular complexity index is 520. The molecule has 0 amide bonds. The van der Waals surface area contributed by atoms with Crippen molar-refractivity contribution < 1.29 is 0 Å². The summed E-state index contributed by atoms with van der Waals surface area (Å²) in [4.78, 5) is 0. The smallest absolute Gasteiger partial charge is 0.166 e. The van der Waals surface area contributed by atoms with E-state index < -0.39 is 0 Å². The summed E-state index contributed by atoms with van der Waals surface area (Å²) in [7, 11) is 1.83. The van der Waals surface area contributed by atoms with Crippen LogP contribution in [0.2, 0.25) is 0 Å². The molecule has 1 aromatic carbocycles. The molecule has 96 valence electrons. The molecule has 0 unspecified atom stereocenters. The van der Waals surface area contributed by atoms with Gasteiger partial charge in [-0.2, -0.15) is 5.10 Å². The molecule has 5 heteroatoms. The van der Waals surface area contributed by atoms with Crippen LogP contribution in [-0.2, 0) is 6.42 Å². The molecule has 0 aliphatic carbocycles. The van der Waals surface area contributed by atoms with Crippen molar-refractivity contribution in [2.45, 2.75) is 19.3 Å². The van der Waals surface area contributed by atoms with E-state index in [0.29, 0.717) is 5.11 Å². The molecule has 2 aromatic rings. The predicted molar refractivity (Wildman–Crippen MR) is 78.7 cm³/mol. The molecule has 0 atom stereocenters. The highest BCUT2D eigenvalue weighted by atomic mass is 32.1. The maximum atomic E-state index is 5.02. The van der Waals surface area contributed by atoms with Crippen molar-refractivity contribution in [3.63, 3.8) is 0 Å². The summed E-state index contributed by atoms with van der Waals surface area (Å²) >= 11 is 5.02. The van der Waals surface area contributed by atoms with Crippen molar-refractivity contribution in [3.05, 3.63) is 30.0 Å². The van der Waals surface area contributed by atoms with Crippen molar-refractivity contribution in [2.75, 3.05) is 13.6 Å². The van der Waals surface area contributed by atoms with E-state index in [0.717, 1.165) is 31.3 Å². The third-order valence-electron chi connectivity index (χ3n) is 2.96. The maximum Gasteiger partial charge on any atom is 0.166 e. The van der Waals surface area contributed by atoms with Gasteiger partial charge in [0.2, 0.25) is 0 Å². The number of unbranched alkanes of at least 4 members (excludes halogenated alkanes) is 1. The van der Waals surface area contributed by atoms with Gasteiger partial charge in [0.1, 0.15) is 0 Å². The van der Waals surface area contributed by atoms with E-state index in [2.05, 4.69) is 39.0 Å². The van der Waals surface area contributed by atoms with Gasteiger partial charge in [-0.3, -0.25) is 5.10 Å². The lowest BCUT2D eigenvalue weighted by atomic mass is 10.0. The van der Waals surface area contributed by atoms with Gasteiger partial charge in [-0.1, -0.05) is 12.1 Å². The number of nitrogens with zero attached hydrogens (tertiary/aromatic N) is 1. The van der Waals surface area contributed by atoms with Crippen LogP contribution in [0, 0.1) is 0 Å². The topological polar surface area (TPSA) is 52.7 Å². The van der Waals surface area contributed by atoms with Crippen LogP contribution >= 0.6 is 12.2 Å². The second kappa shape index (κ2) is 6.35. The van der Waals surface area contributed by atoms with Crippen molar-refractivity contribution in [3.8, 4) is 0 Å². The summed E-state index contributed by atoms with van der Waals surface area (Å²) < 4.78 is 0. The Morgan fingerprint density at radius 1 is 1.39 bits per heavy atom. The minimum atomic E-state index is 0.715. The van der Waals surface area contributed by atoms with Gasteiger partial charge in [-0.15, -0.1) is 0 Å². The number of aromatic nitrogens is 2. The minimum absolute atomic E-state index is 0.715. The molecule has 0 saturated carbocycles. The summed E-state index contributed by atoms with van der Waals surface area (Å²) in [6.07, 6.45) is 5.23. The van der Waals surface area contributed by atoms with E-state index >= 15 is 0 Å². The van der Waals surface area contributed by atoms with E-state index in [9.17, 15) is 0 Å². The number of fused-ring (bicyclic) bond motifs is 1. The quantitative estimate of drug-likeness (QED) is 0.570. The number of rotatable bonds is 5. The molecule has 1 heterocycles. The number of hydrogen-bond acceptors (Lipinski definition) is 2. The number of aromatic amines is 1. The highest BCUT2D eigenvalue weighted by molar-refractivity contribution is 7.80. The van der Waals surface area contributed by atoms with Crippen LogP contribution in [0.5, 0.6) is 0 Å². The van der Waals surface area contributed by atoms with E-state index in [1.807, 2.05) is 13.2 Å². The van der Waals surface area contributed by atoms with Gasteiger partial charge in [0, 0.05) is 19.0 Å². The van der Waals surface area contributed by atoms with Crippen molar-refractivity contribution >= 4 is 28.2 Å². The summed E-state index contributed by atoms with van der Waals surface area (Å²) in [5.41, 5.74) is 2.47. The molecule has 0 bridgehead atoms. The first-order chi connectivity index (χ1) is 8.81. The van der Waals surface area contributed by atoms with Crippen molar-refractivity contribution in [1.82, 2.24) is 20.8 Å². The van der Waals surface area contributed by atoms with Crippen LogP contribution in [-0.4, -0.2) is 28.9 Å². The molecule has 0 aliphatic rings. The average Bonchev–Trinajstić information content (AvgIpc) is 2.87. The van der Waals surface area contributed by atoms with Gasteiger partial charge in [0.25, 0.3) is 0 Å². The first-order valence-electron chi connectivity index (χ1n) is 6.18. The standard InChI is InChI=1S/C13H18N4S/c1-14-13(18)15-8-3-2-5-10-6-4-7-12-11(10)9-16-17-12/h4,6-7,9H,2-3,5,8H2,1H3,(H,16,17)(H2,14,15,18). The Balaban J connectivity index is 1.80. The van der Waals surface area contributed by atoms with Gasteiger partial charge < -0.3 is 10.6 Å². The number of hydrogen-bond donors (Lipinski definition) is 3. The Labute approximate surface area is 112 Å². The summed E-state index contributed by atoms with van der Waals surface area (Å²) in [6, 6.07) is 6.30. The number of aryl methyl sites for hydroxylation is 1. The average molecular weight is 262 g/mol. The van der Waals surface area contributed by atoms with Crippen LogP contribution in [0.25, 0.3) is 10.9 Å². The van der Waals surface area contributed by atoms with Crippen LogP contribution in [0.1, 0.15) is 18.4 Å². The number of H-pyrrole nitrogens is 1. The van der Waals surface area contributed by atoms with Crippen LogP contribution in [0.3, 0.4) is 0 Å². The summed E-state index contributed by atoms with van der Waals surface area (Å²) in [5, 5.41) is 15.1. The Morgan fingerprint density at radius 2 is 2.28 bits per heavy atom. The first-order valence-corrected chi connectivity index (χ1v) is 6.58. The molecule has 0 saturated heterocycles. The molecule has 0 spiro atoms. The molecular weight excluding hydrogens is 244 g/mol. The molecule has 18 heavy (non-hydrogen) atoms. The van der Waals surface area contributed by atoms with E-state index in [-0.39, 0.29) is 0 Å². The second-order valence-corrected chi connectivity index (χ2v) is 4.62. The Kier molecular flexibility index (Phi) is 4.52. The fraction of sp³-hybridized carbons (Fsp3) is 0.385. The zero-order chi connectivity index (χ0) is 12.8. The molecule has 3 N–H and O–H groups in total. The molecule has 2 rings (SSSR count). The van der Waals surface area contributed by atoms with Crippen LogP contribution in [0.4, 0.5) is 0 Å². The second-order valence-electron chi connectivity index (χ2n) is 4.21. The normalized spacial score (nSPS) is 10.5. The van der Waals surface area contributed by atoms with E-state index in [1.165, 1.54) is 10.9 Å². The molecule has 1 aromatic heterocycles. The number of nitrogens with one attached hydrogen (secondary N) is 3. The fourth-order valence-electron chi connectivity index (χ4n) is 1.98. The van der Waals surface area contributed by atoms with E-state index in [1.54, 1.807) is 0 Å². The van der Waals surface area contributed by atoms with Gasteiger partial charge in [-0.25, -0.2) is 0 Å². The predicted octanol–water partition coefficient (Wildman–Crippen LogP) is 1.98. The first kappa shape index (κ1) is 12.8. The maximum absolute atomic E-state index is 5.02. The lowest BCUT2D eigenvalue weighted by Crippen LogP contribution is -2.32. The third-order valence-corrected chi connectivity index (χ3v) is 3.31. The van der Waals surface area contributed by atoms with Gasteiger partial charge in [0.05, 0.1) is 11.7 Å². The summed E-state index contributed by atoms with van der Waals surface area (Å²) in [5.74, 6) is 0. The molecule has 0 radical (unpaired) electrons.